The summed E-state index contributed by atoms with van der Waals surface area (Å²) in [5.41, 5.74) is 0.174. The molecule has 1 amide bonds. The van der Waals surface area contributed by atoms with Crippen LogP contribution < -0.4 is 5.32 Å². The Labute approximate surface area is 204 Å². The summed E-state index contributed by atoms with van der Waals surface area (Å²) in [7, 11) is 1.23. The number of nitrogens with one attached hydrogen (secondary N) is 1. The van der Waals surface area contributed by atoms with Gasteiger partial charge in [0.25, 0.3) is 0 Å². The molecular weight excluding hydrogens is 479 g/mol. The number of benzene rings is 2. The number of carbonyl (C=O) groups excluding carboxylic acids is 2. The molecule has 0 aliphatic carbocycles. The van der Waals surface area contributed by atoms with Crippen molar-refractivity contribution in [3.05, 3.63) is 77.1 Å². The van der Waals surface area contributed by atoms with Crippen molar-refractivity contribution in [2.75, 3.05) is 13.7 Å². The number of alkyl halides is 3. The van der Waals surface area contributed by atoms with Crippen LogP contribution >= 0.6 is 0 Å². The topological polar surface area (TPSA) is 110 Å². The number of nitrogens with zero attached hydrogens (tertiary/aromatic N) is 4. The quantitative estimate of drug-likeness (QED) is 0.477. The highest BCUT2D eigenvalue weighted by molar-refractivity contribution is 5.86. The van der Waals surface area contributed by atoms with Gasteiger partial charge in [-0.2, -0.15) is 13.2 Å². The Balaban J connectivity index is 1.51. The van der Waals surface area contributed by atoms with Crippen LogP contribution in [-0.4, -0.2) is 56.6 Å². The fourth-order valence-corrected chi connectivity index (χ4v) is 4.20. The first-order chi connectivity index (χ1) is 17.2. The Kier molecular flexibility index (Phi) is 7.25. The minimum Gasteiger partial charge on any atom is -0.508 e. The number of hydrogen-bond donors (Lipinski definition) is 2. The first-order valence-corrected chi connectivity index (χ1v) is 11.1. The SMILES string of the molecule is COC(=O)c1cn([C@H]2C[C@@H](C(=O)NCc3cccc(C(F)(F)F)c3)N(Cc3ccccc3O)C2)nn1. The van der Waals surface area contributed by atoms with E-state index < -0.39 is 23.8 Å². The second-order valence-corrected chi connectivity index (χ2v) is 8.45. The third-order valence-electron chi connectivity index (χ3n) is 6.05. The third-order valence-corrected chi connectivity index (χ3v) is 6.05. The van der Waals surface area contributed by atoms with Gasteiger partial charge in [0.2, 0.25) is 5.91 Å². The highest BCUT2D eigenvalue weighted by atomic mass is 19.4. The molecule has 1 aliphatic rings. The molecule has 0 radical (unpaired) electrons. The normalized spacial score (nSPS) is 18.2. The van der Waals surface area contributed by atoms with Crippen LogP contribution in [0.15, 0.2) is 54.7 Å². The minimum atomic E-state index is -4.48. The van der Waals surface area contributed by atoms with E-state index in [0.29, 0.717) is 24.1 Å². The molecule has 2 aromatic carbocycles. The Morgan fingerprint density at radius 1 is 1.19 bits per heavy atom. The first-order valence-electron chi connectivity index (χ1n) is 11.1. The average molecular weight is 503 g/mol. The molecule has 4 rings (SSSR count). The van der Waals surface area contributed by atoms with Gasteiger partial charge in [0, 0.05) is 25.2 Å². The number of aromatic nitrogens is 3. The molecule has 0 bridgehead atoms. The van der Waals surface area contributed by atoms with E-state index in [0.717, 1.165) is 12.1 Å². The van der Waals surface area contributed by atoms with Gasteiger partial charge in [0.15, 0.2) is 5.69 Å². The molecule has 2 N–H and O–H groups in total. The average Bonchev–Trinajstić information content (AvgIpc) is 3.51. The Bertz CT molecular complexity index is 1250. The fourth-order valence-electron chi connectivity index (χ4n) is 4.20. The van der Waals surface area contributed by atoms with E-state index in [4.69, 9.17) is 0 Å². The van der Waals surface area contributed by atoms with Crippen LogP contribution in [0.25, 0.3) is 0 Å². The summed E-state index contributed by atoms with van der Waals surface area (Å²) in [6, 6.07) is 10.6. The van der Waals surface area contributed by atoms with Gasteiger partial charge in [-0.3, -0.25) is 9.69 Å². The van der Waals surface area contributed by atoms with E-state index in [1.165, 1.54) is 30.1 Å². The predicted molar refractivity (Wildman–Crippen MR) is 121 cm³/mol. The zero-order valence-electron chi connectivity index (χ0n) is 19.3. The predicted octanol–water partition coefficient (Wildman–Crippen LogP) is 2.92. The molecule has 190 valence electrons. The van der Waals surface area contributed by atoms with Crippen molar-refractivity contribution in [1.29, 1.82) is 0 Å². The summed E-state index contributed by atoms with van der Waals surface area (Å²) in [6.07, 6.45) is -2.72. The first kappa shape index (κ1) is 25.2. The number of aromatic hydroxyl groups is 1. The van der Waals surface area contributed by atoms with E-state index in [1.54, 1.807) is 24.3 Å². The summed E-state index contributed by atoms with van der Waals surface area (Å²) >= 11 is 0. The van der Waals surface area contributed by atoms with Gasteiger partial charge in [0.1, 0.15) is 5.75 Å². The van der Waals surface area contributed by atoms with E-state index in [-0.39, 0.29) is 36.5 Å². The molecular formula is C24H24F3N5O4. The van der Waals surface area contributed by atoms with Crippen LogP contribution in [0.5, 0.6) is 5.75 Å². The van der Waals surface area contributed by atoms with Gasteiger partial charge in [-0.1, -0.05) is 35.5 Å². The summed E-state index contributed by atoms with van der Waals surface area (Å²) < 4.78 is 45.2. The number of esters is 1. The maximum absolute atomic E-state index is 13.2. The van der Waals surface area contributed by atoms with Crippen LogP contribution in [0.1, 0.15) is 39.6 Å². The number of rotatable bonds is 7. The van der Waals surface area contributed by atoms with Crippen LogP contribution in [0, 0.1) is 0 Å². The Hall–Kier alpha value is -3.93. The van der Waals surface area contributed by atoms with Crippen LogP contribution in [0.3, 0.4) is 0 Å². The van der Waals surface area contributed by atoms with Crippen molar-refractivity contribution < 1.29 is 32.6 Å². The monoisotopic (exact) mass is 503 g/mol. The minimum absolute atomic E-state index is 0.0298. The number of para-hydroxylation sites is 1. The highest BCUT2D eigenvalue weighted by Gasteiger charge is 2.38. The molecule has 1 saturated heterocycles. The summed E-state index contributed by atoms with van der Waals surface area (Å²) in [6.45, 7) is 0.535. The Morgan fingerprint density at radius 2 is 1.97 bits per heavy atom. The second-order valence-electron chi connectivity index (χ2n) is 8.45. The molecule has 1 aromatic heterocycles. The molecule has 36 heavy (non-hydrogen) atoms. The lowest BCUT2D eigenvalue weighted by Crippen LogP contribution is -2.42. The number of halogens is 3. The lowest BCUT2D eigenvalue weighted by atomic mass is 10.1. The van der Waals surface area contributed by atoms with E-state index in [2.05, 4.69) is 20.4 Å². The number of phenols is 1. The number of methoxy groups -OCH3 is 1. The number of hydrogen-bond acceptors (Lipinski definition) is 7. The molecule has 1 fully saturated rings. The standard InChI is InChI=1S/C24H24F3N5O4/c1-36-23(35)19-14-32(30-29-19)18-10-20(31(13-18)12-16-6-2-3-8-21(16)33)22(34)28-11-15-5-4-7-17(9-15)24(25,26)27/h2-9,14,18,20,33H,10-13H2,1H3,(H,28,34)/t18-,20-/m0/s1. The van der Waals surface area contributed by atoms with E-state index in [1.807, 2.05) is 4.90 Å². The number of ether oxygens (including phenoxy) is 1. The maximum Gasteiger partial charge on any atom is 0.416 e. The van der Waals surface area contributed by atoms with Crippen LogP contribution in [0.2, 0.25) is 0 Å². The van der Waals surface area contributed by atoms with Crippen molar-refractivity contribution in [2.24, 2.45) is 0 Å². The van der Waals surface area contributed by atoms with Crippen molar-refractivity contribution in [1.82, 2.24) is 25.2 Å². The molecule has 0 spiro atoms. The van der Waals surface area contributed by atoms with Crippen molar-refractivity contribution in [3.8, 4) is 5.75 Å². The zero-order chi connectivity index (χ0) is 25.9. The molecule has 1 aliphatic heterocycles. The number of likely N-dealkylation sites (tertiary alicyclic amines) is 1. The van der Waals surface area contributed by atoms with Gasteiger partial charge in [-0.25, -0.2) is 9.48 Å². The summed E-state index contributed by atoms with van der Waals surface area (Å²) in [5, 5.41) is 20.8. The van der Waals surface area contributed by atoms with Crippen LogP contribution in [0.4, 0.5) is 13.2 Å². The van der Waals surface area contributed by atoms with Crippen molar-refractivity contribution in [2.45, 2.75) is 37.8 Å². The number of phenolic OH excluding ortho intramolecular Hbond substituents is 1. The molecule has 12 heteroatoms. The van der Waals surface area contributed by atoms with Gasteiger partial charge in [-0.05, 0) is 30.2 Å². The number of carbonyl (C=O) groups is 2. The summed E-state index contributed by atoms with van der Waals surface area (Å²) in [5.74, 6) is -0.933. The lowest BCUT2D eigenvalue weighted by Gasteiger charge is -2.24. The van der Waals surface area contributed by atoms with Gasteiger partial charge in [-0.15, -0.1) is 5.10 Å². The van der Waals surface area contributed by atoms with Crippen LogP contribution in [-0.2, 0) is 28.8 Å². The molecule has 2 atom stereocenters. The largest absolute Gasteiger partial charge is 0.508 e. The zero-order valence-corrected chi connectivity index (χ0v) is 19.3. The van der Waals surface area contributed by atoms with Gasteiger partial charge < -0.3 is 15.2 Å². The highest BCUT2D eigenvalue weighted by Crippen LogP contribution is 2.31. The van der Waals surface area contributed by atoms with Gasteiger partial charge in [0.05, 0.1) is 31.0 Å². The molecule has 0 unspecified atom stereocenters. The maximum atomic E-state index is 13.2. The second kappa shape index (κ2) is 10.4. The number of amides is 1. The summed E-state index contributed by atoms with van der Waals surface area (Å²) in [4.78, 5) is 26.8. The lowest BCUT2D eigenvalue weighted by molar-refractivity contribution is -0.137. The van der Waals surface area contributed by atoms with Gasteiger partial charge >= 0.3 is 12.1 Å². The Morgan fingerprint density at radius 3 is 2.69 bits per heavy atom. The van der Waals surface area contributed by atoms with E-state index in [9.17, 15) is 27.9 Å². The molecule has 9 nitrogen and oxygen atoms in total. The van der Waals surface area contributed by atoms with Crippen molar-refractivity contribution >= 4 is 11.9 Å². The third kappa shape index (κ3) is 5.65. The molecule has 3 aromatic rings. The smallest absolute Gasteiger partial charge is 0.416 e. The van der Waals surface area contributed by atoms with E-state index >= 15 is 0 Å². The molecule has 0 saturated carbocycles. The fraction of sp³-hybridized carbons (Fsp3) is 0.333. The molecule has 2 heterocycles. The van der Waals surface area contributed by atoms with Crippen molar-refractivity contribution in [3.63, 3.8) is 0 Å².